The third-order valence-electron chi connectivity index (χ3n) is 3.60. The molecular formula is C16H14N4O2. The van der Waals surface area contributed by atoms with Crippen molar-refractivity contribution < 1.29 is 9.53 Å². The van der Waals surface area contributed by atoms with Crippen molar-refractivity contribution in [1.29, 1.82) is 5.26 Å². The number of aromatic nitrogens is 2. The van der Waals surface area contributed by atoms with Crippen molar-refractivity contribution in [2.75, 3.05) is 20.2 Å². The second-order valence-corrected chi connectivity index (χ2v) is 4.98. The first-order valence-corrected chi connectivity index (χ1v) is 6.90. The van der Waals surface area contributed by atoms with Gasteiger partial charge in [-0.1, -0.05) is 6.08 Å². The van der Waals surface area contributed by atoms with E-state index in [1.807, 2.05) is 18.2 Å². The van der Waals surface area contributed by atoms with Crippen molar-refractivity contribution in [1.82, 2.24) is 14.9 Å². The van der Waals surface area contributed by atoms with Crippen LogP contribution in [0.5, 0.6) is 0 Å². The van der Waals surface area contributed by atoms with Gasteiger partial charge in [-0.05, 0) is 24.1 Å². The predicted molar refractivity (Wildman–Crippen MR) is 80.8 cm³/mol. The number of nitrogens with zero attached hydrogens (tertiary/aromatic N) is 4. The molecule has 3 heterocycles. The van der Waals surface area contributed by atoms with E-state index in [9.17, 15) is 4.79 Å². The van der Waals surface area contributed by atoms with Gasteiger partial charge in [-0.2, -0.15) is 5.26 Å². The first-order chi connectivity index (χ1) is 10.7. The number of nitriles is 1. The first-order valence-electron chi connectivity index (χ1n) is 6.90. The molecule has 1 amide bonds. The summed E-state index contributed by atoms with van der Waals surface area (Å²) in [6, 6.07) is 7.51. The summed E-state index contributed by atoms with van der Waals surface area (Å²) in [6.45, 7) is 1.12. The molecule has 0 bridgehead atoms. The predicted octanol–water partition coefficient (Wildman–Crippen LogP) is 2.36. The Morgan fingerprint density at radius 1 is 1.45 bits per heavy atom. The average molecular weight is 294 g/mol. The second kappa shape index (κ2) is 5.82. The van der Waals surface area contributed by atoms with Crippen LogP contribution >= 0.6 is 0 Å². The maximum absolute atomic E-state index is 11.7. The maximum atomic E-state index is 11.7. The summed E-state index contributed by atoms with van der Waals surface area (Å²) in [5.74, 6) is 0. The molecule has 22 heavy (non-hydrogen) atoms. The lowest BCUT2D eigenvalue weighted by atomic mass is 10.1. The molecule has 0 fully saturated rings. The second-order valence-electron chi connectivity index (χ2n) is 4.98. The van der Waals surface area contributed by atoms with Crippen LogP contribution in [0.25, 0.3) is 16.5 Å². The number of methoxy groups -OCH3 is 1. The average Bonchev–Trinajstić information content (AvgIpc) is 2.60. The van der Waals surface area contributed by atoms with Gasteiger partial charge in [-0.3, -0.25) is 0 Å². The van der Waals surface area contributed by atoms with E-state index in [-0.39, 0.29) is 6.09 Å². The lowest BCUT2D eigenvalue weighted by molar-refractivity contribution is 0.128. The Morgan fingerprint density at radius 2 is 2.32 bits per heavy atom. The van der Waals surface area contributed by atoms with Gasteiger partial charge in [0.1, 0.15) is 11.8 Å². The van der Waals surface area contributed by atoms with Crippen molar-refractivity contribution in [2.24, 2.45) is 0 Å². The normalized spacial score (nSPS) is 14.4. The summed E-state index contributed by atoms with van der Waals surface area (Å²) < 4.78 is 4.77. The molecule has 3 rings (SSSR count). The molecule has 0 atom stereocenters. The topological polar surface area (TPSA) is 79.1 Å². The number of carbonyl (C=O) groups excluding carboxylic acids is 1. The van der Waals surface area contributed by atoms with Crippen LogP contribution in [0.3, 0.4) is 0 Å². The Hall–Kier alpha value is -2.94. The van der Waals surface area contributed by atoms with Crippen LogP contribution < -0.4 is 0 Å². The van der Waals surface area contributed by atoms with Crippen LogP contribution in [0.2, 0.25) is 0 Å². The van der Waals surface area contributed by atoms with E-state index in [4.69, 9.17) is 10.00 Å². The van der Waals surface area contributed by atoms with Crippen molar-refractivity contribution in [3.8, 4) is 6.07 Å². The number of pyridine rings is 2. The number of hydrogen-bond donors (Lipinski definition) is 0. The monoisotopic (exact) mass is 294 g/mol. The van der Waals surface area contributed by atoms with Gasteiger partial charge in [0, 0.05) is 24.2 Å². The van der Waals surface area contributed by atoms with E-state index < -0.39 is 0 Å². The molecule has 0 aromatic carbocycles. The molecule has 0 spiro atoms. The highest BCUT2D eigenvalue weighted by Gasteiger charge is 2.20. The van der Waals surface area contributed by atoms with Crippen LogP contribution in [0.15, 0.2) is 30.5 Å². The zero-order valence-corrected chi connectivity index (χ0v) is 12.1. The van der Waals surface area contributed by atoms with Crippen LogP contribution in [-0.2, 0) is 4.74 Å². The number of fused-ring (bicyclic) bond motifs is 1. The van der Waals surface area contributed by atoms with Crippen LogP contribution in [0.4, 0.5) is 4.79 Å². The van der Waals surface area contributed by atoms with Gasteiger partial charge in [0.25, 0.3) is 0 Å². The Bertz CT molecular complexity index is 807. The molecular weight excluding hydrogens is 280 g/mol. The standard InChI is InChI=1S/C16H14N4O2/c1-22-16(21)20-6-2-3-12(10-20)14-5-4-11-9-18-13(8-17)7-15(11)19-14/h3-5,7,9H,2,6,10H2,1H3. The van der Waals surface area contributed by atoms with Crippen LogP contribution in [0, 0.1) is 11.3 Å². The lowest BCUT2D eigenvalue weighted by Gasteiger charge is -2.25. The van der Waals surface area contributed by atoms with E-state index in [2.05, 4.69) is 16.0 Å². The van der Waals surface area contributed by atoms with E-state index in [1.165, 1.54) is 7.11 Å². The smallest absolute Gasteiger partial charge is 0.409 e. The summed E-state index contributed by atoms with van der Waals surface area (Å²) in [4.78, 5) is 21.9. The van der Waals surface area contributed by atoms with Gasteiger partial charge in [0.15, 0.2) is 0 Å². The van der Waals surface area contributed by atoms with Gasteiger partial charge >= 0.3 is 6.09 Å². The van der Waals surface area contributed by atoms with E-state index in [0.29, 0.717) is 18.8 Å². The number of carbonyl (C=O) groups is 1. The minimum Gasteiger partial charge on any atom is -0.453 e. The van der Waals surface area contributed by atoms with E-state index in [0.717, 1.165) is 28.6 Å². The molecule has 2 aromatic heterocycles. The van der Waals surface area contributed by atoms with Crippen molar-refractivity contribution in [3.05, 3.63) is 41.9 Å². The SMILES string of the molecule is COC(=O)N1CCC=C(c2ccc3cnc(C#N)cc3n2)C1. The molecule has 110 valence electrons. The quantitative estimate of drug-likeness (QED) is 0.806. The molecule has 1 aliphatic rings. The maximum Gasteiger partial charge on any atom is 0.409 e. The summed E-state index contributed by atoms with van der Waals surface area (Å²) in [6.07, 6.45) is 4.16. The Labute approximate surface area is 127 Å². The zero-order chi connectivity index (χ0) is 15.5. The Morgan fingerprint density at radius 3 is 3.09 bits per heavy atom. The fourth-order valence-corrected chi connectivity index (χ4v) is 2.47. The first kappa shape index (κ1) is 14.0. The van der Waals surface area contributed by atoms with Crippen molar-refractivity contribution in [2.45, 2.75) is 6.42 Å². The van der Waals surface area contributed by atoms with E-state index >= 15 is 0 Å². The zero-order valence-electron chi connectivity index (χ0n) is 12.1. The number of rotatable bonds is 1. The Kier molecular flexibility index (Phi) is 3.71. The number of hydrogen-bond acceptors (Lipinski definition) is 5. The third kappa shape index (κ3) is 2.61. The van der Waals surface area contributed by atoms with Gasteiger partial charge < -0.3 is 9.64 Å². The molecule has 0 saturated carbocycles. The summed E-state index contributed by atoms with van der Waals surface area (Å²) in [5.41, 5.74) is 2.84. The molecule has 0 saturated heterocycles. The largest absolute Gasteiger partial charge is 0.453 e. The van der Waals surface area contributed by atoms with E-state index in [1.54, 1.807) is 17.2 Å². The fourth-order valence-electron chi connectivity index (χ4n) is 2.47. The lowest BCUT2D eigenvalue weighted by Crippen LogP contribution is -2.35. The minimum absolute atomic E-state index is 0.331. The van der Waals surface area contributed by atoms with Crippen molar-refractivity contribution >= 4 is 22.6 Å². The van der Waals surface area contributed by atoms with Gasteiger partial charge in [-0.25, -0.2) is 14.8 Å². The van der Waals surface area contributed by atoms with Gasteiger partial charge in [-0.15, -0.1) is 0 Å². The molecule has 6 nitrogen and oxygen atoms in total. The van der Waals surface area contributed by atoms with Gasteiger partial charge in [0.2, 0.25) is 0 Å². The fraction of sp³-hybridized carbons (Fsp3) is 0.250. The highest BCUT2D eigenvalue weighted by Crippen LogP contribution is 2.22. The van der Waals surface area contributed by atoms with Crippen molar-refractivity contribution in [3.63, 3.8) is 0 Å². The molecule has 0 aliphatic carbocycles. The molecule has 0 N–H and O–H groups in total. The summed E-state index contributed by atoms with van der Waals surface area (Å²) in [5, 5.41) is 9.81. The Balaban J connectivity index is 1.94. The summed E-state index contributed by atoms with van der Waals surface area (Å²) in [7, 11) is 1.38. The third-order valence-corrected chi connectivity index (χ3v) is 3.60. The highest BCUT2D eigenvalue weighted by atomic mass is 16.5. The van der Waals surface area contributed by atoms with Gasteiger partial charge in [0.05, 0.1) is 24.9 Å². The number of amides is 1. The minimum atomic E-state index is -0.331. The molecule has 0 radical (unpaired) electrons. The number of ether oxygens (including phenoxy) is 1. The summed E-state index contributed by atoms with van der Waals surface area (Å²) >= 11 is 0. The molecule has 2 aromatic rings. The molecule has 1 aliphatic heterocycles. The molecule has 6 heteroatoms. The van der Waals surface area contributed by atoms with Crippen LogP contribution in [-0.4, -0.2) is 41.2 Å². The molecule has 0 unspecified atom stereocenters. The highest BCUT2D eigenvalue weighted by molar-refractivity contribution is 5.82. The van der Waals surface area contributed by atoms with Crippen LogP contribution in [0.1, 0.15) is 17.8 Å².